The molecule has 0 saturated carbocycles. The molecule has 4 nitrogen and oxygen atoms in total. The maximum atomic E-state index is 13.2. The minimum atomic E-state index is 0.0112. The highest BCUT2D eigenvalue weighted by Crippen LogP contribution is 2.20. The van der Waals surface area contributed by atoms with Crippen molar-refractivity contribution in [2.75, 3.05) is 49.1 Å². The van der Waals surface area contributed by atoms with Gasteiger partial charge in [0, 0.05) is 54.7 Å². The second kappa shape index (κ2) is 10.7. The summed E-state index contributed by atoms with van der Waals surface area (Å²) in [5.74, 6) is 0.0112. The fourth-order valence-electron chi connectivity index (χ4n) is 4.14. The number of carbonyl (C=O) groups excluding carboxylic acids is 1. The first-order valence-electron chi connectivity index (χ1n) is 11.3. The molecule has 166 valence electrons. The lowest BCUT2D eigenvalue weighted by Gasteiger charge is -2.36. The van der Waals surface area contributed by atoms with Crippen molar-refractivity contribution in [3.63, 3.8) is 0 Å². The SMILES string of the molecule is Cc1ccc(N2CCN(CCCN(C(=O)c3ccc(Cl)cc3)c3ccccc3)CC2)cc1. The highest BCUT2D eigenvalue weighted by Gasteiger charge is 2.20. The van der Waals surface area contributed by atoms with E-state index in [1.54, 1.807) is 24.3 Å². The van der Waals surface area contributed by atoms with Crippen LogP contribution in [0.2, 0.25) is 5.02 Å². The van der Waals surface area contributed by atoms with Gasteiger partial charge in [-0.25, -0.2) is 0 Å². The van der Waals surface area contributed by atoms with Crippen molar-refractivity contribution in [1.82, 2.24) is 4.90 Å². The van der Waals surface area contributed by atoms with Crippen LogP contribution < -0.4 is 9.80 Å². The zero-order valence-electron chi connectivity index (χ0n) is 18.6. The first-order chi connectivity index (χ1) is 15.6. The minimum Gasteiger partial charge on any atom is -0.369 e. The number of carbonyl (C=O) groups is 1. The number of amides is 1. The van der Waals surface area contributed by atoms with Crippen molar-refractivity contribution < 1.29 is 4.79 Å². The molecule has 4 rings (SSSR count). The van der Waals surface area contributed by atoms with E-state index in [4.69, 9.17) is 11.6 Å². The molecule has 0 atom stereocenters. The van der Waals surface area contributed by atoms with Crippen LogP contribution in [0.25, 0.3) is 0 Å². The topological polar surface area (TPSA) is 26.8 Å². The van der Waals surface area contributed by atoms with Crippen molar-refractivity contribution in [2.24, 2.45) is 0 Å². The van der Waals surface area contributed by atoms with Crippen molar-refractivity contribution >= 4 is 28.9 Å². The Bertz CT molecular complexity index is 997. The third-order valence-electron chi connectivity index (χ3n) is 6.03. The summed E-state index contributed by atoms with van der Waals surface area (Å²) in [5, 5.41) is 0.637. The molecular weight excluding hydrogens is 418 g/mol. The second-order valence-electron chi connectivity index (χ2n) is 8.32. The minimum absolute atomic E-state index is 0.0112. The summed E-state index contributed by atoms with van der Waals surface area (Å²) in [6.45, 7) is 7.96. The van der Waals surface area contributed by atoms with Gasteiger partial charge in [0.1, 0.15) is 0 Å². The number of hydrogen-bond acceptors (Lipinski definition) is 3. The van der Waals surface area contributed by atoms with Crippen LogP contribution in [-0.2, 0) is 0 Å². The number of para-hydroxylation sites is 1. The quantitative estimate of drug-likeness (QED) is 0.478. The fraction of sp³-hybridized carbons (Fsp3) is 0.296. The molecule has 0 radical (unpaired) electrons. The summed E-state index contributed by atoms with van der Waals surface area (Å²) in [5.41, 5.74) is 4.18. The van der Waals surface area contributed by atoms with E-state index in [0.29, 0.717) is 17.1 Å². The molecule has 5 heteroatoms. The average Bonchev–Trinajstić information content (AvgIpc) is 2.83. The van der Waals surface area contributed by atoms with Crippen molar-refractivity contribution in [2.45, 2.75) is 13.3 Å². The van der Waals surface area contributed by atoms with Crippen LogP contribution in [0, 0.1) is 6.92 Å². The number of piperazine rings is 1. The number of aryl methyl sites for hydroxylation is 1. The van der Waals surface area contributed by atoms with E-state index in [0.717, 1.165) is 44.8 Å². The van der Waals surface area contributed by atoms with Gasteiger partial charge in [0.2, 0.25) is 0 Å². The van der Waals surface area contributed by atoms with Gasteiger partial charge >= 0.3 is 0 Å². The van der Waals surface area contributed by atoms with Crippen LogP contribution in [0.4, 0.5) is 11.4 Å². The fourth-order valence-corrected chi connectivity index (χ4v) is 4.27. The summed E-state index contributed by atoms with van der Waals surface area (Å²) >= 11 is 6.00. The third kappa shape index (κ3) is 5.70. The summed E-state index contributed by atoms with van der Waals surface area (Å²) in [6, 6.07) is 25.8. The predicted octanol–water partition coefficient (Wildman–Crippen LogP) is 5.51. The monoisotopic (exact) mass is 447 g/mol. The molecule has 1 aliphatic heterocycles. The average molecular weight is 448 g/mol. The van der Waals surface area contributed by atoms with Crippen LogP contribution in [0.3, 0.4) is 0 Å². The van der Waals surface area contributed by atoms with Crippen LogP contribution in [0.5, 0.6) is 0 Å². The van der Waals surface area contributed by atoms with Gasteiger partial charge in [-0.1, -0.05) is 47.5 Å². The highest BCUT2D eigenvalue weighted by atomic mass is 35.5. The molecule has 1 fully saturated rings. The molecule has 0 N–H and O–H groups in total. The van der Waals surface area contributed by atoms with Gasteiger partial charge in [-0.15, -0.1) is 0 Å². The van der Waals surface area contributed by atoms with Gasteiger partial charge in [-0.2, -0.15) is 0 Å². The number of nitrogens with zero attached hydrogens (tertiary/aromatic N) is 3. The largest absolute Gasteiger partial charge is 0.369 e. The van der Waals surface area contributed by atoms with E-state index in [2.05, 4.69) is 41.0 Å². The summed E-state index contributed by atoms with van der Waals surface area (Å²) < 4.78 is 0. The molecule has 1 aliphatic rings. The zero-order valence-corrected chi connectivity index (χ0v) is 19.3. The molecule has 0 spiro atoms. The molecule has 32 heavy (non-hydrogen) atoms. The zero-order chi connectivity index (χ0) is 22.3. The lowest BCUT2D eigenvalue weighted by atomic mass is 10.1. The molecule has 3 aromatic carbocycles. The molecule has 0 unspecified atom stereocenters. The van der Waals surface area contributed by atoms with Gasteiger partial charge in [-0.05, 0) is 68.4 Å². The van der Waals surface area contributed by atoms with E-state index >= 15 is 0 Å². The Morgan fingerprint density at radius 2 is 1.53 bits per heavy atom. The standard InChI is InChI=1S/C27H30ClN3O/c1-22-8-14-25(15-9-22)30-20-18-29(19-21-30)16-5-17-31(26-6-3-2-4-7-26)27(32)23-10-12-24(28)13-11-23/h2-4,6-15H,5,16-21H2,1H3. The van der Waals surface area contributed by atoms with Crippen molar-refractivity contribution in [3.05, 3.63) is 95.0 Å². The Morgan fingerprint density at radius 1 is 0.875 bits per heavy atom. The maximum absolute atomic E-state index is 13.2. The Morgan fingerprint density at radius 3 is 2.19 bits per heavy atom. The number of hydrogen-bond donors (Lipinski definition) is 0. The van der Waals surface area contributed by atoms with E-state index in [1.165, 1.54) is 11.3 Å². The molecule has 1 amide bonds. The maximum Gasteiger partial charge on any atom is 0.258 e. The second-order valence-corrected chi connectivity index (χ2v) is 8.75. The van der Waals surface area contributed by atoms with Crippen LogP contribution in [-0.4, -0.2) is 50.1 Å². The smallest absolute Gasteiger partial charge is 0.258 e. The normalized spacial score (nSPS) is 14.4. The first kappa shape index (κ1) is 22.4. The number of anilines is 2. The molecule has 0 aliphatic carbocycles. The van der Waals surface area contributed by atoms with Gasteiger partial charge in [0.15, 0.2) is 0 Å². The molecular formula is C27H30ClN3O. The number of halogens is 1. The van der Waals surface area contributed by atoms with E-state index in [-0.39, 0.29) is 5.91 Å². The van der Waals surface area contributed by atoms with E-state index < -0.39 is 0 Å². The molecule has 1 saturated heterocycles. The molecule has 1 heterocycles. The number of rotatable bonds is 7. The van der Waals surface area contributed by atoms with E-state index in [1.807, 2.05) is 35.2 Å². The molecule has 3 aromatic rings. The van der Waals surface area contributed by atoms with Gasteiger partial charge in [-0.3, -0.25) is 9.69 Å². The third-order valence-corrected chi connectivity index (χ3v) is 6.28. The Labute approximate surface area is 196 Å². The lowest BCUT2D eigenvalue weighted by molar-refractivity contribution is 0.0985. The number of benzene rings is 3. The molecule has 0 aromatic heterocycles. The highest BCUT2D eigenvalue weighted by molar-refractivity contribution is 6.30. The van der Waals surface area contributed by atoms with Crippen LogP contribution >= 0.6 is 11.6 Å². The first-order valence-corrected chi connectivity index (χ1v) is 11.6. The van der Waals surface area contributed by atoms with Gasteiger partial charge < -0.3 is 9.80 Å². The lowest BCUT2D eigenvalue weighted by Crippen LogP contribution is -2.47. The van der Waals surface area contributed by atoms with Crippen molar-refractivity contribution in [1.29, 1.82) is 0 Å². The Hall–Kier alpha value is -2.82. The Balaban J connectivity index is 1.33. The predicted molar refractivity (Wildman–Crippen MR) is 134 cm³/mol. The van der Waals surface area contributed by atoms with Gasteiger partial charge in [0.25, 0.3) is 5.91 Å². The summed E-state index contributed by atoms with van der Waals surface area (Å²) in [6.07, 6.45) is 0.929. The van der Waals surface area contributed by atoms with Crippen LogP contribution in [0.1, 0.15) is 22.3 Å². The summed E-state index contributed by atoms with van der Waals surface area (Å²) in [4.78, 5) is 20.1. The van der Waals surface area contributed by atoms with Crippen molar-refractivity contribution in [3.8, 4) is 0 Å². The Kier molecular flexibility index (Phi) is 7.46. The summed E-state index contributed by atoms with van der Waals surface area (Å²) in [7, 11) is 0. The molecule has 0 bridgehead atoms. The van der Waals surface area contributed by atoms with Crippen LogP contribution in [0.15, 0.2) is 78.9 Å². The van der Waals surface area contributed by atoms with E-state index in [9.17, 15) is 4.79 Å². The van der Waals surface area contributed by atoms with Gasteiger partial charge in [0.05, 0.1) is 0 Å².